The van der Waals surface area contributed by atoms with E-state index in [1.807, 2.05) is 72.8 Å². The fourth-order valence-electron chi connectivity index (χ4n) is 6.87. The first kappa shape index (κ1) is 30.3. The van der Waals surface area contributed by atoms with E-state index in [-0.39, 0.29) is 21.2 Å². The number of hydrogen-bond acceptors (Lipinski definition) is 6. The van der Waals surface area contributed by atoms with E-state index in [1.165, 1.54) is 12.1 Å². The van der Waals surface area contributed by atoms with Gasteiger partial charge in [-0.3, -0.25) is 20.2 Å². The summed E-state index contributed by atoms with van der Waals surface area (Å²) in [4.78, 5) is 27.8. The topological polar surface area (TPSA) is 92.8 Å². The molecule has 0 N–H and O–H groups in total. The number of para-hydroxylation sites is 2. The van der Waals surface area contributed by atoms with Crippen LogP contribution in [0.5, 0.6) is 0 Å². The number of hydrogen-bond donors (Lipinski definition) is 0. The maximum atomic E-state index is 12.1. The van der Waals surface area contributed by atoms with Gasteiger partial charge in [0, 0.05) is 45.1 Å². The summed E-state index contributed by atoms with van der Waals surface area (Å²) >= 11 is 0. The van der Waals surface area contributed by atoms with Crippen molar-refractivity contribution < 1.29 is 9.85 Å². The van der Waals surface area contributed by atoms with E-state index < -0.39 is 0 Å². The van der Waals surface area contributed by atoms with Crippen molar-refractivity contribution in [2.45, 2.75) is 0 Å². The number of nitro benzene ring substituents is 2. The van der Waals surface area contributed by atoms with Crippen molar-refractivity contribution in [2.75, 3.05) is 9.80 Å². The van der Waals surface area contributed by atoms with Gasteiger partial charge in [0.1, 0.15) is 0 Å². The third-order valence-corrected chi connectivity index (χ3v) is 9.02. The summed E-state index contributed by atoms with van der Waals surface area (Å²) in [5.74, 6) is 0. The van der Waals surface area contributed by atoms with Crippen LogP contribution in [0.15, 0.2) is 170 Å². The molecule has 0 spiro atoms. The molecule has 0 radical (unpaired) electrons. The maximum Gasteiger partial charge on any atom is 0.277 e. The van der Waals surface area contributed by atoms with Crippen molar-refractivity contribution in [3.05, 3.63) is 190 Å². The van der Waals surface area contributed by atoms with E-state index in [9.17, 15) is 20.2 Å². The molecule has 8 nitrogen and oxygen atoms in total. The zero-order valence-corrected chi connectivity index (χ0v) is 26.6. The molecular weight excluding hydrogens is 624 g/mol. The van der Waals surface area contributed by atoms with E-state index in [2.05, 4.69) is 58.3 Å². The molecule has 0 aliphatic carbocycles. The van der Waals surface area contributed by atoms with Gasteiger partial charge in [-0.15, -0.1) is 0 Å². The Kier molecular flexibility index (Phi) is 7.58. The maximum absolute atomic E-state index is 12.1. The Morgan fingerprint density at radius 2 is 0.600 bits per heavy atom. The van der Waals surface area contributed by atoms with Gasteiger partial charge in [0.05, 0.1) is 43.4 Å². The molecule has 0 aromatic heterocycles. The van der Waals surface area contributed by atoms with Crippen molar-refractivity contribution >= 4 is 77.8 Å². The Hall–Kier alpha value is -7.06. The third kappa shape index (κ3) is 5.12. The minimum atomic E-state index is -0.371. The Bertz CT molecular complexity index is 2440. The minimum absolute atomic E-state index is 0.000530. The highest BCUT2D eigenvalue weighted by atomic mass is 16.6. The van der Waals surface area contributed by atoms with Crippen LogP contribution in [0.3, 0.4) is 0 Å². The second kappa shape index (κ2) is 12.5. The van der Waals surface area contributed by atoms with Gasteiger partial charge in [-0.25, -0.2) is 0 Å². The van der Waals surface area contributed by atoms with Gasteiger partial charge in [0.15, 0.2) is 0 Å². The Morgan fingerprint density at radius 1 is 0.320 bits per heavy atom. The van der Waals surface area contributed by atoms with E-state index >= 15 is 0 Å². The zero-order valence-electron chi connectivity index (χ0n) is 26.6. The second-order valence-electron chi connectivity index (χ2n) is 11.8. The predicted molar refractivity (Wildman–Crippen MR) is 202 cm³/mol. The molecule has 0 bridgehead atoms. The first-order valence-corrected chi connectivity index (χ1v) is 16.1. The number of benzene rings is 8. The van der Waals surface area contributed by atoms with Gasteiger partial charge in [0.2, 0.25) is 0 Å². The molecule has 0 aliphatic rings. The average Bonchev–Trinajstić information content (AvgIpc) is 3.16. The largest absolute Gasteiger partial charge is 0.310 e. The quantitative estimate of drug-likeness (QED) is 0.120. The summed E-state index contributed by atoms with van der Waals surface area (Å²) in [5.41, 5.74) is 5.16. The molecule has 0 amide bonds. The molecule has 0 unspecified atom stereocenters. The Labute approximate surface area is 287 Å². The molecule has 0 aliphatic heterocycles. The van der Waals surface area contributed by atoms with Gasteiger partial charge in [-0.05, 0) is 60.7 Å². The first-order chi connectivity index (χ1) is 24.5. The van der Waals surface area contributed by atoms with E-state index in [0.717, 1.165) is 33.5 Å². The number of rotatable bonds is 8. The monoisotopic (exact) mass is 652 g/mol. The van der Waals surface area contributed by atoms with Gasteiger partial charge in [0.25, 0.3) is 11.4 Å². The van der Waals surface area contributed by atoms with Crippen LogP contribution in [0.25, 0.3) is 32.3 Å². The number of anilines is 6. The molecule has 8 aromatic carbocycles. The van der Waals surface area contributed by atoms with Crippen LogP contribution in [0.2, 0.25) is 0 Å². The van der Waals surface area contributed by atoms with Crippen molar-refractivity contribution in [1.82, 2.24) is 0 Å². The lowest BCUT2D eigenvalue weighted by Gasteiger charge is -2.31. The summed E-state index contributed by atoms with van der Waals surface area (Å²) in [6.45, 7) is 0. The van der Waals surface area contributed by atoms with Crippen molar-refractivity contribution in [3.63, 3.8) is 0 Å². The Morgan fingerprint density at radius 3 is 0.960 bits per heavy atom. The molecule has 0 heterocycles. The average molecular weight is 653 g/mol. The fraction of sp³-hybridized carbons (Fsp3) is 0. The molecule has 0 atom stereocenters. The van der Waals surface area contributed by atoms with Crippen LogP contribution < -0.4 is 9.80 Å². The lowest BCUT2D eigenvalue weighted by molar-refractivity contribution is -0.383. The highest BCUT2D eigenvalue weighted by molar-refractivity contribution is 6.13. The summed E-state index contributed by atoms with van der Waals surface area (Å²) in [6, 6.07) is 53.8. The highest BCUT2D eigenvalue weighted by Crippen LogP contribution is 2.49. The van der Waals surface area contributed by atoms with Gasteiger partial charge < -0.3 is 9.80 Å². The van der Waals surface area contributed by atoms with Crippen LogP contribution in [-0.2, 0) is 0 Å². The smallest absolute Gasteiger partial charge is 0.277 e. The standard InChI is InChI=1S/C42H28N4O4/c47-45(48)41-27-25-39(33-19-9-11-21-35(33)41)44(40-26-28-42(46(49)50)36-22-12-10-20-34(36)40)38-24-23-37(31-17-7-8-18-32(31)38)43(29-13-3-1-4-14-29)30-15-5-2-6-16-30/h1-28H. The number of non-ortho nitro benzene ring substituents is 2. The van der Waals surface area contributed by atoms with Crippen LogP contribution >= 0.6 is 0 Å². The molecule has 0 fully saturated rings. The molecule has 8 heteroatoms. The SMILES string of the molecule is O=[N+]([O-])c1ccc(N(c2ccc(N(c3ccccc3)c3ccccc3)c3ccccc23)c2ccc([N+](=O)[O-])c3ccccc23)c2ccccc12. The van der Waals surface area contributed by atoms with E-state index in [0.29, 0.717) is 32.9 Å². The predicted octanol–water partition coefficient (Wildman–Crippen LogP) is 11.9. The summed E-state index contributed by atoms with van der Waals surface area (Å²) < 4.78 is 0. The molecule has 0 saturated carbocycles. The zero-order chi connectivity index (χ0) is 34.2. The minimum Gasteiger partial charge on any atom is -0.310 e. The molecule has 0 saturated heterocycles. The van der Waals surface area contributed by atoms with E-state index in [4.69, 9.17) is 0 Å². The lowest BCUT2D eigenvalue weighted by Crippen LogP contribution is -2.14. The molecule has 8 aromatic rings. The molecular formula is C42H28N4O4. The summed E-state index contributed by atoms with van der Waals surface area (Å²) in [5, 5.41) is 28.5. The van der Waals surface area contributed by atoms with Crippen LogP contribution in [-0.4, -0.2) is 9.85 Å². The number of nitrogens with zero attached hydrogens (tertiary/aromatic N) is 4. The van der Waals surface area contributed by atoms with Gasteiger partial charge in [-0.1, -0.05) is 97.1 Å². The van der Waals surface area contributed by atoms with E-state index in [1.54, 1.807) is 36.4 Å². The third-order valence-electron chi connectivity index (χ3n) is 9.02. The normalized spacial score (nSPS) is 11.1. The summed E-state index contributed by atoms with van der Waals surface area (Å²) in [7, 11) is 0. The van der Waals surface area contributed by atoms with Gasteiger partial charge in [-0.2, -0.15) is 0 Å². The van der Waals surface area contributed by atoms with Crippen LogP contribution in [0, 0.1) is 20.2 Å². The van der Waals surface area contributed by atoms with Crippen molar-refractivity contribution in [2.24, 2.45) is 0 Å². The highest BCUT2D eigenvalue weighted by Gasteiger charge is 2.26. The number of fused-ring (bicyclic) bond motifs is 3. The van der Waals surface area contributed by atoms with Crippen molar-refractivity contribution in [1.29, 1.82) is 0 Å². The van der Waals surface area contributed by atoms with Gasteiger partial charge >= 0.3 is 0 Å². The Balaban J connectivity index is 1.46. The fourth-order valence-corrected chi connectivity index (χ4v) is 6.87. The van der Waals surface area contributed by atoms with Crippen molar-refractivity contribution in [3.8, 4) is 0 Å². The lowest BCUT2D eigenvalue weighted by atomic mass is 9.99. The molecule has 8 rings (SSSR count). The van der Waals surface area contributed by atoms with Crippen LogP contribution in [0.1, 0.15) is 0 Å². The second-order valence-corrected chi connectivity index (χ2v) is 11.8. The van der Waals surface area contributed by atoms with Crippen LogP contribution in [0.4, 0.5) is 45.5 Å². The molecule has 50 heavy (non-hydrogen) atoms. The number of nitro groups is 2. The first-order valence-electron chi connectivity index (χ1n) is 16.1. The molecule has 240 valence electrons. The summed E-state index contributed by atoms with van der Waals surface area (Å²) in [6.07, 6.45) is 0.